The molecule has 1 aliphatic rings. The van der Waals surface area contributed by atoms with Crippen LogP contribution >= 0.6 is 0 Å². The Hall–Kier alpha value is -6.02. The predicted octanol–water partition coefficient (Wildman–Crippen LogP) is 8.05. The highest BCUT2D eigenvalue weighted by Gasteiger charge is 2.26. The van der Waals surface area contributed by atoms with Crippen LogP contribution in [-0.4, -0.2) is 134 Å². The van der Waals surface area contributed by atoms with Gasteiger partial charge in [0, 0.05) is 78.3 Å². The first kappa shape index (κ1) is 61.6. The second kappa shape index (κ2) is 32.4. The van der Waals surface area contributed by atoms with Gasteiger partial charge in [0.1, 0.15) is 49.4 Å². The van der Waals surface area contributed by atoms with E-state index in [1.54, 1.807) is 0 Å². The highest BCUT2D eigenvalue weighted by Crippen LogP contribution is 2.41. The number of ether oxygens (including phenoxy) is 8. The number of hydrogen-bond acceptors (Lipinski definition) is 16. The first-order chi connectivity index (χ1) is 39.1. The molecule has 0 spiro atoms. The first-order valence-electron chi connectivity index (χ1n) is 28.2. The van der Waals surface area contributed by atoms with E-state index < -0.39 is 0 Å². The van der Waals surface area contributed by atoms with Gasteiger partial charge in [-0.05, 0) is 157 Å². The normalized spacial score (nSPS) is 12.3. The third-order valence-electron chi connectivity index (χ3n) is 13.6. The fourth-order valence-electron chi connectivity index (χ4n) is 10.4. The Kier molecular flexibility index (Phi) is 25.0. The van der Waals surface area contributed by atoms with Crippen molar-refractivity contribution >= 4 is 0 Å². The van der Waals surface area contributed by atoms with Crippen molar-refractivity contribution in [3.05, 3.63) is 174 Å². The van der Waals surface area contributed by atoms with E-state index in [0.717, 1.165) is 78.1 Å². The number of aliphatic hydroxyl groups excluding tert-OH is 4. The second-order valence-corrected chi connectivity index (χ2v) is 20.1. The van der Waals surface area contributed by atoms with Crippen molar-refractivity contribution in [2.45, 2.75) is 106 Å². The smallest absolute Gasteiger partial charge is 0.126 e. The summed E-state index contributed by atoms with van der Waals surface area (Å²) in [5.74, 6) is 2.79. The highest BCUT2D eigenvalue weighted by molar-refractivity contribution is 5.58. The predicted molar refractivity (Wildman–Crippen MR) is 307 cm³/mol. The van der Waals surface area contributed by atoms with Gasteiger partial charge in [-0.15, -0.1) is 0 Å². The molecule has 7 rings (SSSR count). The lowest BCUT2D eigenvalue weighted by Gasteiger charge is -2.26. The van der Waals surface area contributed by atoms with Crippen LogP contribution in [0.15, 0.2) is 84.9 Å². The summed E-state index contributed by atoms with van der Waals surface area (Å²) in [6, 6.07) is 28.3. The lowest BCUT2D eigenvalue weighted by atomic mass is 9.88. The Labute approximate surface area is 473 Å². The number of rotatable bonds is 32. The molecule has 4 N–H and O–H groups in total. The average molecular weight is 1100 g/mol. The minimum Gasteiger partial charge on any atom is -0.491 e. The van der Waals surface area contributed by atoms with Crippen molar-refractivity contribution in [3.63, 3.8) is 0 Å². The van der Waals surface area contributed by atoms with Crippen molar-refractivity contribution in [1.29, 1.82) is 0 Å². The minimum atomic E-state index is -0.203. The molecule has 1 aliphatic carbocycles. The molecule has 80 heavy (non-hydrogen) atoms. The van der Waals surface area contributed by atoms with Gasteiger partial charge in [0.25, 0.3) is 0 Å². The van der Waals surface area contributed by atoms with Crippen LogP contribution < -0.4 is 18.9 Å². The lowest BCUT2D eigenvalue weighted by molar-refractivity contribution is 0.108. The molecule has 4 aromatic carbocycles. The van der Waals surface area contributed by atoms with Crippen LogP contribution in [0.4, 0.5) is 0 Å². The number of hydrogen-bond donors (Lipinski definition) is 4. The Morgan fingerprint density at radius 1 is 0.350 bits per heavy atom. The van der Waals surface area contributed by atoms with E-state index in [4.69, 9.17) is 47.9 Å². The van der Waals surface area contributed by atoms with Crippen molar-refractivity contribution in [3.8, 4) is 23.0 Å². The first-order valence-corrected chi connectivity index (χ1v) is 28.2. The Morgan fingerprint density at radius 3 is 0.863 bits per heavy atom. The van der Waals surface area contributed by atoms with E-state index in [1.807, 2.05) is 88.4 Å². The number of benzene rings is 4. The number of aliphatic hydroxyl groups is 4. The summed E-state index contributed by atoms with van der Waals surface area (Å²) in [6.07, 6.45) is 1.49. The van der Waals surface area contributed by atoms with Gasteiger partial charge in [-0.2, -0.15) is 0 Å². The van der Waals surface area contributed by atoms with Gasteiger partial charge >= 0.3 is 0 Å². The molecule has 6 aromatic rings. The number of aromatic nitrogens is 2. The SMILES string of the molecule is CCOCCOc1c2cc(CO)cc1Cc1cc(CN(C)Cc3cccc(CO)n3)cc(c1OCCOCC)Cc1cc(CO)cc(c1OCCOCC)Cc1cc(CN(C)Cc3cccc(CO)n3)cc(c1OCCOCC)C2. The summed E-state index contributed by atoms with van der Waals surface area (Å²) >= 11 is 0. The third kappa shape index (κ3) is 18.0. The van der Waals surface area contributed by atoms with Crippen LogP contribution in [0.2, 0.25) is 0 Å². The molecule has 8 bridgehead atoms. The molecule has 0 saturated carbocycles. The molecule has 16 heteroatoms. The molecular weight excluding hydrogens is 1020 g/mol. The molecule has 0 radical (unpaired) electrons. The molecule has 0 saturated heterocycles. The zero-order valence-electron chi connectivity index (χ0n) is 47.9. The van der Waals surface area contributed by atoms with Gasteiger partial charge in [0.15, 0.2) is 0 Å². The zero-order valence-corrected chi connectivity index (χ0v) is 47.9. The average Bonchev–Trinajstić information content (AvgIpc) is 3.49. The third-order valence-corrected chi connectivity index (χ3v) is 13.6. The van der Waals surface area contributed by atoms with Crippen LogP contribution in [0.5, 0.6) is 23.0 Å². The molecule has 0 amide bonds. The molecule has 2 heterocycles. The van der Waals surface area contributed by atoms with E-state index in [2.05, 4.69) is 48.2 Å². The van der Waals surface area contributed by atoms with E-state index in [9.17, 15) is 20.4 Å². The molecular formula is C64H84N4O12. The summed E-state index contributed by atoms with van der Waals surface area (Å²) < 4.78 is 51.1. The molecule has 0 aliphatic heterocycles. The van der Waals surface area contributed by atoms with Gasteiger partial charge in [0.2, 0.25) is 0 Å². The highest BCUT2D eigenvalue weighted by atomic mass is 16.5. The summed E-state index contributed by atoms with van der Waals surface area (Å²) in [7, 11) is 4.11. The van der Waals surface area contributed by atoms with E-state index >= 15 is 0 Å². The van der Waals surface area contributed by atoms with Crippen molar-refractivity contribution in [1.82, 2.24) is 19.8 Å². The van der Waals surface area contributed by atoms with Crippen molar-refractivity contribution in [2.24, 2.45) is 0 Å². The van der Waals surface area contributed by atoms with Crippen molar-refractivity contribution in [2.75, 3.05) is 93.4 Å². The zero-order chi connectivity index (χ0) is 56.6. The van der Waals surface area contributed by atoms with Crippen LogP contribution in [0.3, 0.4) is 0 Å². The van der Waals surface area contributed by atoms with Gasteiger partial charge < -0.3 is 58.3 Å². The van der Waals surface area contributed by atoms with E-state index in [-0.39, 0.29) is 26.4 Å². The molecule has 0 fully saturated rings. The Morgan fingerprint density at radius 2 is 0.613 bits per heavy atom. The van der Waals surface area contributed by atoms with Gasteiger partial charge in [0.05, 0.1) is 75.6 Å². The quantitative estimate of drug-likeness (QED) is 0.0297. The van der Waals surface area contributed by atoms with Crippen LogP contribution in [-0.2, 0) is 97.2 Å². The maximum absolute atomic E-state index is 11.1. The van der Waals surface area contributed by atoms with E-state index in [1.165, 1.54) is 0 Å². The Bertz CT molecular complexity index is 2590. The monoisotopic (exact) mass is 1100 g/mol. The van der Waals surface area contributed by atoms with Crippen molar-refractivity contribution < 1.29 is 58.3 Å². The maximum Gasteiger partial charge on any atom is 0.126 e. The lowest BCUT2D eigenvalue weighted by Crippen LogP contribution is -2.19. The van der Waals surface area contributed by atoms with Gasteiger partial charge in [-0.1, -0.05) is 36.4 Å². The van der Waals surface area contributed by atoms with Crippen LogP contribution in [0.1, 0.15) is 117 Å². The second-order valence-electron chi connectivity index (χ2n) is 20.1. The fourth-order valence-corrected chi connectivity index (χ4v) is 10.4. The molecule has 0 atom stereocenters. The van der Waals surface area contributed by atoms with Gasteiger partial charge in [-0.25, -0.2) is 0 Å². The Balaban J connectivity index is 1.49. The topological polar surface area (TPSA) is 187 Å². The summed E-state index contributed by atoms with van der Waals surface area (Å²) in [6.45, 7) is 14.2. The summed E-state index contributed by atoms with van der Waals surface area (Å²) in [5, 5.41) is 42.0. The molecule has 0 unspecified atom stereocenters. The number of nitrogens with zero attached hydrogens (tertiary/aromatic N) is 4. The molecule has 16 nitrogen and oxygen atoms in total. The molecule has 432 valence electrons. The van der Waals surface area contributed by atoms with E-state index in [0.29, 0.717) is 166 Å². The minimum absolute atomic E-state index is 0.142. The summed E-state index contributed by atoms with van der Waals surface area (Å²) in [5.41, 5.74) is 13.5. The number of fused-ring (bicyclic) bond motifs is 8. The maximum atomic E-state index is 11.1. The standard InChI is InChI=1S/C64H84N4O12/c1-7-73-17-21-77-61-49-25-45(37-67(5)39-57-13-11-15-59(43-71)65-57)26-50(61)34-54-30-48(42-70)32-56(64(54)80-24-20-76-10-4)36-52-28-46(38-68(6)40-58-14-12-16-60(44-72)66-58)27-51(62(52)78-22-18-74-8-2)35-55-31-47(41-69)29-53(33-49)63(55)79-23-19-75-9-3/h11-16,25-32,69-72H,7-10,17-24,33-44H2,1-6H3. The number of pyridine rings is 2. The fraction of sp³-hybridized carbons (Fsp3) is 0.469. The van der Waals surface area contributed by atoms with Crippen LogP contribution in [0.25, 0.3) is 0 Å². The summed E-state index contributed by atoms with van der Waals surface area (Å²) in [4.78, 5) is 13.8. The van der Waals surface area contributed by atoms with Crippen LogP contribution in [0, 0.1) is 0 Å². The molecule has 2 aromatic heterocycles. The van der Waals surface area contributed by atoms with Gasteiger partial charge in [-0.3, -0.25) is 19.8 Å². The largest absolute Gasteiger partial charge is 0.491 e.